The Morgan fingerprint density at radius 3 is 2.50 bits per heavy atom. The number of fused-ring (bicyclic) bond motifs is 1. The average Bonchev–Trinajstić information content (AvgIpc) is 3.35. The predicted octanol–water partition coefficient (Wildman–Crippen LogP) is 3.04. The number of benzene rings is 2. The molecule has 1 unspecified atom stereocenters. The molecule has 3 aromatic rings. The minimum absolute atomic E-state index is 0.0227. The van der Waals surface area contributed by atoms with Gasteiger partial charge in [0.1, 0.15) is 11.9 Å². The number of carbonyl (C=O) groups excluding carboxylic acids is 2. The Bertz CT molecular complexity index is 1210. The molecule has 2 aliphatic heterocycles. The molecule has 3 heterocycles. The van der Waals surface area contributed by atoms with Gasteiger partial charge in [0.15, 0.2) is 5.69 Å². The summed E-state index contributed by atoms with van der Waals surface area (Å²) in [5.41, 5.74) is 4.35. The second-order valence-corrected chi connectivity index (χ2v) is 9.41. The van der Waals surface area contributed by atoms with Gasteiger partial charge in [0.25, 0.3) is 5.91 Å². The van der Waals surface area contributed by atoms with Gasteiger partial charge in [-0.25, -0.2) is 4.68 Å². The molecule has 5 rings (SSSR count). The fourth-order valence-corrected chi connectivity index (χ4v) is 4.73. The maximum Gasteiger partial charge on any atom is 0.276 e. The van der Waals surface area contributed by atoms with Gasteiger partial charge in [-0.3, -0.25) is 9.59 Å². The molecule has 9 nitrogen and oxygen atoms in total. The van der Waals surface area contributed by atoms with Crippen molar-refractivity contribution in [1.82, 2.24) is 25.2 Å². The minimum atomic E-state index is -0.147. The first kappa shape index (κ1) is 24.0. The Morgan fingerprint density at radius 1 is 1.08 bits per heavy atom. The van der Waals surface area contributed by atoms with E-state index in [-0.39, 0.29) is 30.4 Å². The Kier molecular flexibility index (Phi) is 6.99. The highest BCUT2D eigenvalue weighted by Crippen LogP contribution is 2.28. The van der Waals surface area contributed by atoms with E-state index in [9.17, 15) is 9.59 Å². The third-order valence-corrected chi connectivity index (χ3v) is 7.03. The van der Waals surface area contributed by atoms with E-state index < -0.39 is 0 Å². The molecule has 2 aliphatic rings. The first-order chi connectivity index (χ1) is 17.5. The summed E-state index contributed by atoms with van der Waals surface area (Å²) in [6.45, 7) is 4.36. The highest BCUT2D eigenvalue weighted by molar-refractivity contribution is 5.93. The molecule has 0 radical (unpaired) electrons. The monoisotopic (exact) mass is 489 g/mol. The van der Waals surface area contributed by atoms with Crippen LogP contribution in [0.25, 0.3) is 0 Å². The zero-order valence-electron chi connectivity index (χ0n) is 20.6. The number of rotatable bonds is 6. The highest BCUT2D eigenvalue weighted by atomic mass is 16.5. The zero-order valence-corrected chi connectivity index (χ0v) is 20.6. The molecule has 188 valence electrons. The van der Waals surface area contributed by atoms with Crippen LogP contribution in [0, 0.1) is 12.8 Å². The van der Waals surface area contributed by atoms with Crippen molar-refractivity contribution in [2.24, 2.45) is 5.92 Å². The lowest BCUT2D eigenvalue weighted by Crippen LogP contribution is -2.43. The molecule has 0 bridgehead atoms. The molecule has 36 heavy (non-hydrogen) atoms. The van der Waals surface area contributed by atoms with Gasteiger partial charge < -0.3 is 19.7 Å². The molecule has 0 aliphatic carbocycles. The number of hydrogen-bond donors (Lipinski definition) is 1. The molecule has 1 atom stereocenters. The van der Waals surface area contributed by atoms with Gasteiger partial charge in [-0.05, 0) is 43.0 Å². The van der Waals surface area contributed by atoms with Gasteiger partial charge >= 0.3 is 0 Å². The van der Waals surface area contributed by atoms with Crippen molar-refractivity contribution in [3.05, 3.63) is 76.6 Å². The molecule has 0 spiro atoms. The van der Waals surface area contributed by atoms with E-state index in [4.69, 9.17) is 9.47 Å². The van der Waals surface area contributed by atoms with Crippen LogP contribution in [0.1, 0.15) is 51.8 Å². The Hall–Kier alpha value is -3.72. The Labute approximate surface area is 210 Å². The summed E-state index contributed by atoms with van der Waals surface area (Å²) in [5, 5.41) is 11.5. The lowest BCUT2D eigenvalue weighted by atomic mass is 9.95. The van der Waals surface area contributed by atoms with E-state index in [1.54, 1.807) is 16.7 Å². The predicted molar refractivity (Wildman–Crippen MR) is 132 cm³/mol. The number of piperidine rings is 1. The lowest BCUT2D eigenvalue weighted by Gasteiger charge is -2.31. The van der Waals surface area contributed by atoms with Crippen LogP contribution in [-0.4, -0.2) is 51.9 Å². The molecule has 0 saturated carbocycles. The van der Waals surface area contributed by atoms with E-state index in [2.05, 4.69) is 46.8 Å². The van der Waals surface area contributed by atoms with Gasteiger partial charge in [-0.15, -0.1) is 5.10 Å². The number of aromatic nitrogens is 3. The number of carbonyl (C=O) groups is 2. The number of amides is 2. The van der Waals surface area contributed by atoms with Gasteiger partial charge in [0.2, 0.25) is 5.91 Å². The zero-order chi connectivity index (χ0) is 25.1. The van der Waals surface area contributed by atoms with Crippen molar-refractivity contribution in [2.45, 2.75) is 45.6 Å². The summed E-state index contributed by atoms with van der Waals surface area (Å²) in [6.07, 6.45) is 1.13. The van der Waals surface area contributed by atoms with E-state index in [1.165, 1.54) is 5.56 Å². The largest absolute Gasteiger partial charge is 0.497 e. The molecule has 1 saturated heterocycles. The van der Waals surface area contributed by atoms with Crippen molar-refractivity contribution >= 4 is 11.8 Å². The van der Waals surface area contributed by atoms with E-state index >= 15 is 0 Å². The maximum absolute atomic E-state index is 13.2. The second kappa shape index (κ2) is 10.5. The number of ether oxygens (including phenoxy) is 2. The van der Waals surface area contributed by atoms with Crippen LogP contribution >= 0.6 is 0 Å². The van der Waals surface area contributed by atoms with E-state index in [0.29, 0.717) is 50.4 Å². The molecule has 1 N–H and O–H groups in total. The molecular formula is C27H31N5O4. The number of methoxy groups -OCH3 is 1. The fourth-order valence-electron chi connectivity index (χ4n) is 4.73. The van der Waals surface area contributed by atoms with Crippen molar-refractivity contribution in [3.8, 4) is 5.75 Å². The average molecular weight is 490 g/mol. The summed E-state index contributed by atoms with van der Waals surface area (Å²) in [4.78, 5) is 27.6. The Morgan fingerprint density at radius 2 is 1.81 bits per heavy atom. The van der Waals surface area contributed by atoms with Crippen molar-refractivity contribution in [3.63, 3.8) is 0 Å². The van der Waals surface area contributed by atoms with Crippen LogP contribution < -0.4 is 10.1 Å². The van der Waals surface area contributed by atoms with Gasteiger partial charge in [0, 0.05) is 25.6 Å². The summed E-state index contributed by atoms with van der Waals surface area (Å²) < 4.78 is 13.0. The summed E-state index contributed by atoms with van der Waals surface area (Å²) >= 11 is 0. The Balaban J connectivity index is 1.14. The molecule has 9 heteroatoms. The first-order valence-electron chi connectivity index (χ1n) is 12.3. The fraction of sp³-hybridized carbons (Fsp3) is 0.407. The third-order valence-electron chi connectivity index (χ3n) is 7.03. The van der Waals surface area contributed by atoms with Gasteiger partial charge in [-0.2, -0.15) is 0 Å². The third kappa shape index (κ3) is 5.11. The van der Waals surface area contributed by atoms with Crippen molar-refractivity contribution in [1.29, 1.82) is 0 Å². The SMILES string of the molecule is COc1ccc(CNC(=O)C2CCN(C(=O)c3nnn4c3COC(c3ccc(C)cc3)C4)CC2)cc1. The number of aryl methyl sites for hydroxylation is 1. The van der Waals surface area contributed by atoms with E-state index in [1.807, 2.05) is 24.3 Å². The van der Waals surface area contributed by atoms with Crippen LogP contribution in [0.15, 0.2) is 48.5 Å². The van der Waals surface area contributed by atoms with Crippen LogP contribution in [0.4, 0.5) is 0 Å². The number of hydrogen-bond acceptors (Lipinski definition) is 6. The van der Waals surface area contributed by atoms with Crippen LogP contribution in [0.2, 0.25) is 0 Å². The first-order valence-corrected chi connectivity index (χ1v) is 12.3. The van der Waals surface area contributed by atoms with Crippen LogP contribution in [0.5, 0.6) is 5.75 Å². The molecule has 2 aromatic carbocycles. The summed E-state index contributed by atoms with van der Waals surface area (Å²) in [5.74, 6) is 0.550. The molecular weight excluding hydrogens is 458 g/mol. The highest BCUT2D eigenvalue weighted by Gasteiger charge is 2.33. The second-order valence-electron chi connectivity index (χ2n) is 9.41. The summed E-state index contributed by atoms with van der Waals surface area (Å²) in [7, 11) is 1.63. The number of likely N-dealkylation sites (tertiary alicyclic amines) is 1. The smallest absolute Gasteiger partial charge is 0.276 e. The molecule has 2 amide bonds. The number of nitrogens with one attached hydrogen (secondary N) is 1. The lowest BCUT2D eigenvalue weighted by molar-refractivity contribution is -0.126. The quantitative estimate of drug-likeness (QED) is 0.572. The molecule has 1 aromatic heterocycles. The molecule has 1 fully saturated rings. The topological polar surface area (TPSA) is 98.6 Å². The van der Waals surface area contributed by atoms with Crippen molar-refractivity contribution in [2.75, 3.05) is 20.2 Å². The normalized spacial score (nSPS) is 17.9. The minimum Gasteiger partial charge on any atom is -0.497 e. The van der Waals surface area contributed by atoms with Crippen LogP contribution in [-0.2, 0) is 29.2 Å². The van der Waals surface area contributed by atoms with Crippen molar-refractivity contribution < 1.29 is 19.1 Å². The van der Waals surface area contributed by atoms with Gasteiger partial charge in [-0.1, -0.05) is 47.2 Å². The summed E-state index contributed by atoms with van der Waals surface area (Å²) in [6, 6.07) is 15.9. The van der Waals surface area contributed by atoms with Crippen LogP contribution in [0.3, 0.4) is 0 Å². The number of nitrogens with zero attached hydrogens (tertiary/aromatic N) is 4. The van der Waals surface area contributed by atoms with Gasteiger partial charge in [0.05, 0.1) is 26.0 Å². The standard InChI is InChI=1S/C27H31N5O4/c1-18-3-7-20(8-4-18)24-16-32-23(17-36-24)25(29-30-32)27(34)31-13-11-21(12-14-31)26(33)28-15-19-5-9-22(35-2)10-6-19/h3-10,21,24H,11-17H2,1-2H3,(H,28,33). The van der Waals surface area contributed by atoms with E-state index in [0.717, 1.165) is 16.9 Å². The maximum atomic E-state index is 13.2.